The lowest BCUT2D eigenvalue weighted by Crippen LogP contribution is -2.54. The summed E-state index contributed by atoms with van der Waals surface area (Å²) in [5.74, 6) is 0. The van der Waals surface area contributed by atoms with Crippen LogP contribution in [0.4, 0.5) is 37.7 Å². The third-order valence-corrected chi connectivity index (χ3v) is 9.66. The van der Waals surface area contributed by atoms with Crippen molar-refractivity contribution >= 4 is 21.4 Å². The first-order valence-corrected chi connectivity index (χ1v) is 14.2. The molecule has 0 spiro atoms. The van der Waals surface area contributed by atoms with Crippen molar-refractivity contribution in [3.8, 4) is 0 Å². The Morgan fingerprint density at radius 1 is 0.850 bits per heavy atom. The van der Waals surface area contributed by atoms with E-state index in [0.29, 0.717) is 25.7 Å². The van der Waals surface area contributed by atoms with Gasteiger partial charge in [0.15, 0.2) is 5.60 Å². The lowest BCUT2D eigenvalue weighted by molar-refractivity contribution is -0.258. The number of sulfonamides is 1. The molecule has 2 fully saturated rings. The minimum atomic E-state index is -4.96. The van der Waals surface area contributed by atoms with Crippen molar-refractivity contribution in [3.05, 3.63) is 53.6 Å². The highest BCUT2D eigenvalue weighted by molar-refractivity contribution is 7.89. The van der Waals surface area contributed by atoms with Crippen LogP contribution in [0.5, 0.6) is 0 Å². The van der Waals surface area contributed by atoms with Crippen molar-refractivity contribution in [2.24, 2.45) is 0 Å². The molecule has 2 heterocycles. The summed E-state index contributed by atoms with van der Waals surface area (Å²) in [5.41, 5.74) is -4.03. The molecule has 0 radical (unpaired) electrons. The molecule has 2 aliphatic heterocycles. The van der Waals surface area contributed by atoms with Gasteiger partial charge in [0, 0.05) is 63.2 Å². The van der Waals surface area contributed by atoms with Crippen LogP contribution in [-0.2, 0) is 21.8 Å². The second-order valence-electron chi connectivity index (χ2n) is 10.5. The zero-order valence-electron chi connectivity index (χ0n) is 22.3. The molecule has 2 saturated heterocycles. The number of aliphatic hydroxyl groups is 1. The van der Waals surface area contributed by atoms with Crippen molar-refractivity contribution in [2.75, 3.05) is 62.7 Å². The average molecular weight is 595 g/mol. The minimum Gasteiger partial charge on any atom is -0.376 e. The topological polar surface area (TPSA) is 67.3 Å². The fourth-order valence-corrected chi connectivity index (χ4v) is 6.67. The normalized spacial score (nSPS) is 21.9. The number of rotatable bonds is 5. The van der Waals surface area contributed by atoms with E-state index >= 15 is 0 Å². The highest BCUT2D eigenvalue weighted by Gasteiger charge is 2.51. The van der Waals surface area contributed by atoms with Gasteiger partial charge in [0.1, 0.15) is 0 Å². The molecule has 0 bridgehead atoms. The fraction of sp³-hybridized carbons (Fsp3) is 0.538. The van der Waals surface area contributed by atoms with E-state index in [1.54, 1.807) is 13.0 Å². The van der Waals surface area contributed by atoms with Crippen LogP contribution in [0, 0.1) is 0 Å². The maximum absolute atomic E-state index is 14.1. The SMILES string of the molecule is C[C@@H]1CN(c2ccc(N3CCN(C)CC3)cc2C(F)(F)F)CCN1S(=O)(=O)c1ccc(C(C)(O)C(F)(F)F)cc1. The molecule has 14 heteroatoms. The van der Waals surface area contributed by atoms with Gasteiger partial charge in [-0.15, -0.1) is 0 Å². The Bertz CT molecular complexity index is 1310. The van der Waals surface area contributed by atoms with Crippen LogP contribution in [0.1, 0.15) is 25.0 Å². The van der Waals surface area contributed by atoms with Gasteiger partial charge in [0.25, 0.3) is 0 Å². The summed E-state index contributed by atoms with van der Waals surface area (Å²) in [5, 5.41) is 9.85. The van der Waals surface area contributed by atoms with E-state index in [2.05, 4.69) is 4.90 Å². The van der Waals surface area contributed by atoms with Gasteiger partial charge in [-0.3, -0.25) is 0 Å². The second-order valence-corrected chi connectivity index (χ2v) is 12.4. The van der Waals surface area contributed by atoms with Gasteiger partial charge in [-0.2, -0.15) is 30.6 Å². The molecule has 4 rings (SSSR count). The maximum Gasteiger partial charge on any atom is 0.421 e. The molecular weight excluding hydrogens is 562 g/mol. The van der Waals surface area contributed by atoms with Gasteiger partial charge < -0.3 is 19.8 Å². The molecule has 2 atom stereocenters. The van der Waals surface area contributed by atoms with Gasteiger partial charge in [-0.25, -0.2) is 8.42 Å². The Morgan fingerprint density at radius 3 is 1.95 bits per heavy atom. The van der Waals surface area contributed by atoms with E-state index in [1.807, 2.05) is 11.9 Å². The predicted molar refractivity (Wildman–Crippen MR) is 139 cm³/mol. The number of hydrogen-bond donors (Lipinski definition) is 1. The summed E-state index contributed by atoms with van der Waals surface area (Å²) in [6.45, 7) is 4.68. The first-order chi connectivity index (χ1) is 18.4. The lowest BCUT2D eigenvalue weighted by Gasteiger charge is -2.41. The number of anilines is 2. The maximum atomic E-state index is 14.1. The van der Waals surface area contributed by atoms with E-state index < -0.39 is 45.1 Å². The van der Waals surface area contributed by atoms with E-state index in [1.165, 1.54) is 11.0 Å². The highest BCUT2D eigenvalue weighted by Crippen LogP contribution is 2.41. The number of piperazine rings is 2. The quantitative estimate of drug-likeness (QED) is 0.526. The first-order valence-electron chi connectivity index (χ1n) is 12.7. The Morgan fingerprint density at radius 2 is 1.43 bits per heavy atom. The molecule has 1 unspecified atom stereocenters. The van der Waals surface area contributed by atoms with Crippen LogP contribution >= 0.6 is 0 Å². The van der Waals surface area contributed by atoms with Gasteiger partial charge in [0.05, 0.1) is 10.5 Å². The molecule has 2 aliphatic rings. The third-order valence-electron chi connectivity index (χ3n) is 7.64. The standard InChI is InChI=1S/C26H32F6N4O3S/c1-18-17-35(23-9-6-20(16-22(23)25(27,28)29)34-12-10-33(3)11-13-34)14-15-36(18)40(38,39)21-7-4-19(5-8-21)24(2,37)26(30,31)32/h4-9,16,18,37H,10-15,17H2,1-3H3/t18-,24?/m1/s1. The van der Waals surface area contributed by atoms with Gasteiger partial charge in [-0.05, 0) is 56.8 Å². The summed E-state index contributed by atoms with van der Waals surface area (Å²) in [6, 6.07) is 7.28. The molecule has 40 heavy (non-hydrogen) atoms. The Hall–Kier alpha value is -2.55. The number of likely N-dealkylation sites (N-methyl/N-ethyl adjacent to an activating group) is 1. The van der Waals surface area contributed by atoms with Crippen LogP contribution in [-0.4, -0.2) is 87.8 Å². The second kappa shape index (κ2) is 10.7. The Labute approximate surface area is 229 Å². The van der Waals surface area contributed by atoms with Crippen molar-refractivity contribution in [2.45, 2.75) is 42.7 Å². The van der Waals surface area contributed by atoms with Gasteiger partial charge in [-0.1, -0.05) is 12.1 Å². The van der Waals surface area contributed by atoms with E-state index in [0.717, 1.165) is 47.7 Å². The Balaban J connectivity index is 1.54. The molecule has 2 aromatic rings. The summed E-state index contributed by atoms with van der Waals surface area (Å²) in [4.78, 5) is 5.25. The third kappa shape index (κ3) is 5.90. The number of alkyl halides is 6. The lowest BCUT2D eigenvalue weighted by atomic mass is 9.96. The van der Waals surface area contributed by atoms with E-state index in [4.69, 9.17) is 0 Å². The highest BCUT2D eigenvalue weighted by atomic mass is 32.2. The molecule has 7 nitrogen and oxygen atoms in total. The summed E-state index contributed by atoms with van der Waals surface area (Å²) in [6.07, 6.45) is -9.58. The van der Waals surface area contributed by atoms with Gasteiger partial charge >= 0.3 is 12.4 Å². The smallest absolute Gasteiger partial charge is 0.376 e. The Kier molecular flexibility index (Phi) is 8.13. The molecule has 0 aliphatic carbocycles. The number of hydrogen-bond acceptors (Lipinski definition) is 6. The van der Waals surface area contributed by atoms with Gasteiger partial charge in [0.2, 0.25) is 10.0 Å². The minimum absolute atomic E-state index is 0.0125. The molecule has 0 amide bonds. The number of nitrogens with zero attached hydrogens (tertiary/aromatic N) is 4. The first kappa shape index (κ1) is 30.4. The van der Waals surface area contributed by atoms with Crippen LogP contribution in [0.3, 0.4) is 0 Å². The molecule has 0 aromatic heterocycles. The zero-order chi connectivity index (χ0) is 29.7. The predicted octanol–water partition coefficient (Wildman–Crippen LogP) is 4.13. The van der Waals surface area contributed by atoms with Crippen LogP contribution in [0.15, 0.2) is 47.4 Å². The zero-order valence-corrected chi connectivity index (χ0v) is 23.1. The summed E-state index contributed by atoms with van der Waals surface area (Å²) >= 11 is 0. The fourth-order valence-electron chi connectivity index (χ4n) is 5.06. The van der Waals surface area contributed by atoms with E-state index in [-0.39, 0.29) is 30.2 Å². The summed E-state index contributed by atoms with van der Waals surface area (Å²) < 4.78 is 110. The average Bonchev–Trinajstić information content (AvgIpc) is 2.87. The molecule has 1 N–H and O–H groups in total. The number of halogens is 6. The van der Waals surface area contributed by atoms with Crippen molar-refractivity contribution < 1.29 is 39.9 Å². The molecular formula is C26H32F6N4O3S. The molecule has 222 valence electrons. The number of benzene rings is 2. The van der Waals surface area contributed by atoms with Crippen LogP contribution < -0.4 is 9.80 Å². The molecule has 2 aromatic carbocycles. The monoisotopic (exact) mass is 594 g/mol. The van der Waals surface area contributed by atoms with Crippen LogP contribution in [0.2, 0.25) is 0 Å². The molecule has 0 saturated carbocycles. The van der Waals surface area contributed by atoms with Crippen molar-refractivity contribution in [1.82, 2.24) is 9.21 Å². The largest absolute Gasteiger partial charge is 0.421 e. The van der Waals surface area contributed by atoms with Crippen molar-refractivity contribution in [3.63, 3.8) is 0 Å². The van der Waals surface area contributed by atoms with E-state index in [9.17, 15) is 39.9 Å². The summed E-state index contributed by atoms with van der Waals surface area (Å²) in [7, 11) is -2.21. The van der Waals surface area contributed by atoms with Crippen molar-refractivity contribution in [1.29, 1.82) is 0 Å². The van der Waals surface area contributed by atoms with Crippen LogP contribution in [0.25, 0.3) is 0 Å².